The lowest BCUT2D eigenvalue weighted by Gasteiger charge is -2.10. The molecule has 0 saturated carbocycles. The number of carbonyl (C=O) groups is 2. The highest BCUT2D eigenvalue weighted by Gasteiger charge is 2.15. The number of carbonyl (C=O) groups excluding carboxylic acids is 2. The molecule has 2 rings (SSSR count). The quantitative estimate of drug-likeness (QED) is 0.811. The van der Waals surface area contributed by atoms with Gasteiger partial charge in [0.25, 0.3) is 0 Å². The molecule has 0 aliphatic rings. The average Bonchev–Trinajstić information content (AvgIpc) is 2.59. The van der Waals surface area contributed by atoms with Crippen LogP contribution in [0.4, 0.5) is 4.39 Å². The number of hydrogen-bond donors (Lipinski definition) is 0. The molecule has 0 heterocycles. The summed E-state index contributed by atoms with van der Waals surface area (Å²) >= 11 is 0. The zero-order valence-corrected chi connectivity index (χ0v) is 12.9. The van der Waals surface area contributed by atoms with Gasteiger partial charge in [-0.3, -0.25) is 0 Å². The molecule has 0 atom stereocenters. The van der Waals surface area contributed by atoms with Crippen LogP contribution in [0.5, 0.6) is 5.75 Å². The molecule has 0 aliphatic heterocycles. The molecule has 0 amide bonds. The second-order valence-corrected chi connectivity index (χ2v) is 4.63. The van der Waals surface area contributed by atoms with Gasteiger partial charge in [-0.15, -0.1) is 0 Å². The minimum atomic E-state index is -0.628. The number of ether oxygens (including phenoxy) is 3. The molecular weight excluding hydrogens is 303 g/mol. The lowest BCUT2D eigenvalue weighted by atomic mass is 10.0. The highest BCUT2D eigenvalue weighted by atomic mass is 19.1. The fourth-order valence-corrected chi connectivity index (χ4v) is 2.10. The maximum absolute atomic E-state index is 14.3. The number of benzene rings is 2. The molecule has 120 valence electrons. The second-order valence-electron chi connectivity index (χ2n) is 4.63. The van der Waals surface area contributed by atoms with Gasteiger partial charge in [0.1, 0.15) is 11.6 Å². The average molecular weight is 318 g/mol. The van der Waals surface area contributed by atoms with Crippen molar-refractivity contribution in [2.24, 2.45) is 0 Å². The lowest BCUT2D eigenvalue weighted by molar-refractivity contribution is 0.0591. The Morgan fingerprint density at radius 1 is 0.870 bits per heavy atom. The molecule has 6 heteroatoms. The summed E-state index contributed by atoms with van der Waals surface area (Å²) in [6, 6.07) is 8.54. The van der Waals surface area contributed by atoms with E-state index in [0.717, 1.165) is 6.07 Å². The first-order chi connectivity index (χ1) is 11.0. The molecule has 23 heavy (non-hydrogen) atoms. The number of hydrogen-bond acceptors (Lipinski definition) is 5. The molecule has 0 aromatic heterocycles. The lowest BCUT2D eigenvalue weighted by Crippen LogP contribution is -2.03. The zero-order valence-electron chi connectivity index (χ0n) is 12.9. The number of esters is 2. The van der Waals surface area contributed by atoms with E-state index >= 15 is 0 Å². The summed E-state index contributed by atoms with van der Waals surface area (Å²) < 4.78 is 28.7. The molecule has 0 fully saturated rings. The summed E-state index contributed by atoms with van der Waals surface area (Å²) in [7, 11) is 3.92. The van der Waals surface area contributed by atoms with Crippen molar-refractivity contribution in [3.63, 3.8) is 0 Å². The van der Waals surface area contributed by atoms with E-state index in [9.17, 15) is 14.0 Å². The standard InChI is InChI=1S/C17H15FO5/c1-21-13-7-11(6-12(8-13)17(20)23-3)14-5-4-10(9-15(14)18)16(19)22-2/h4-9H,1-3H3. The molecule has 2 aromatic carbocycles. The van der Waals surface area contributed by atoms with Gasteiger partial charge in [0.15, 0.2) is 0 Å². The van der Waals surface area contributed by atoms with Gasteiger partial charge < -0.3 is 14.2 Å². The molecule has 0 spiro atoms. The van der Waals surface area contributed by atoms with E-state index in [2.05, 4.69) is 9.47 Å². The molecule has 0 saturated heterocycles. The third-order valence-corrected chi connectivity index (χ3v) is 3.26. The largest absolute Gasteiger partial charge is 0.497 e. The predicted octanol–water partition coefficient (Wildman–Crippen LogP) is 3.07. The summed E-state index contributed by atoms with van der Waals surface area (Å²) in [6.45, 7) is 0. The summed E-state index contributed by atoms with van der Waals surface area (Å²) in [4.78, 5) is 23.1. The molecule has 0 unspecified atom stereocenters. The first-order valence-corrected chi connectivity index (χ1v) is 6.65. The SMILES string of the molecule is COC(=O)c1cc(OC)cc(-c2ccc(C(=O)OC)cc2F)c1. The van der Waals surface area contributed by atoms with Crippen LogP contribution in [-0.4, -0.2) is 33.3 Å². The van der Waals surface area contributed by atoms with Crippen LogP contribution >= 0.6 is 0 Å². The van der Waals surface area contributed by atoms with Gasteiger partial charge in [0.2, 0.25) is 0 Å². The molecule has 2 aromatic rings. The maximum atomic E-state index is 14.3. The molecule has 0 radical (unpaired) electrons. The Morgan fingerprint density at radius 2 is 1.52 bits per heavy atom. The topological polar surface area (TPSA) is 61.8 Å². The third-order valence-electron chi connectivity index (χ3n) is 3.26. The van der Waals surface area contributed by atoms with Crippen LogP contribution in [-0.2, 0) is 9.47 Å². The molecule has 0 aliphatic carbocycles. The Kier molecular flexibility index (Phi) is 4.95. The number of halogens is 1. The Labute approximate surface area is 132 Å². The van der Waals surface area contributed by atoms with Gasteiger partial charge >= 0.3 is 11.9 Å². The first kappa shape index (κ1) is 16.5. The van der Waals surface area contributed by atoms with Crippen LogP contribution in [0.15, 0.2) is 36.4 Å². The van der Waals surface area contributed by atoms with Gasteiger partial charge in [-0.05, 0) is 35.9 Å². The minimum Gasteiger partial charge on any atom is -0.497 e. The summed E-state index contributed by atoms with van der Waals surface area (Å²) in [5.74, 6) is -1.41. The van der Waals surface area contributed by atoms with E-state index in [0.29, 0.717) is 11.3 Å². The van der Waals surface area contributed by atoms with Gasteiger partial charge in [-0.1, -0.05) is 6.07 Å². The number of rotatable bonds is 4. The Hall–Kier alpha value is -2.89. The fourth-order valence-electron chi connectivity index (χ4n) is 2.10. The van der Waals surface area contributed by atoms with Crippen molar-refractivity contribution in [1.82, 2.24) is 0 Å². The van der Waals surface area contributed by atoms with Crippen LogP contribution in [0.2, 0.25) is 0 Å². The van der Waals surface area contributed by atoms with Crippen molar-refractivity contribution in [2.75, 3.05) is 21.3 Å². The van der Waals surface area contributed by atoms with Crippen molar-refractivity contribution < 1.29 is 28.2 Å². The molecule has 5 nitrogen and oxygen atoms in total. The molecular formula is C17H15FO5. The van der Waals surface area contributed by atoms with Gasteiger partial charge in [0.05, 0.1) is 32.5 Å². The second kappa shape index (κ2) is 6.91. The maximum Gasteiger partial charge on any atom is 0.338 e. The van der Waals surface area contributed by atoms with Crippen molar-refractivity contribution in [3.05, 3.63) is 53.3 Å². The summed E-state index contributed by atoms with van der Waals surface area (Å²) in [6.07, 6.45) is 0. The van der Waals surface area contributed by atoms with Crippen molar-refractivity contribution in [1.29, 1.82) is 0 Å². The van der Waals surface area contributed by atoms with E-state index in [1.807, 2.05) is 0 Å². The van der Waals surface area contributed by atoms with Gasteiger partial charge in [-0.25, -0.2) is 14.0 Å². The normalized spacial score (nSPS) is 10.1. The van der Waals surface area contributed by atoms with E-state index in [1.54, 1.807) is 6.07 Å². The Bertz CT molecular complexity index is 755. The van der Waals surface area contributed by atoms with Crippen molar-refractivity contribution in [2.45, 2.75) is 0 Å². The van der Waals surface area contributed by atoms with Crippen LogP contribution in [0.1, 0.15) is 20.7 Å². The smallest absolute Gasteiger partial charge is 0.338 e. The molecule has 0 N–H and O–H groups in total. The van der Waals surface area contributed by atoms with E-state index in [4.69, 9.17) is 4.74 Å². The van der Waals surface area contributed by atoms with Crippen LogP contribution in [0.25, 0.3) is 11.1 Å². The minimum absolute atomic E-state index is 0.102. The number of methoxy groups -OCH3 is 3. The first-order valence-electron chi connectivity index (χ1n) is 6.65. The van der Waals surface area contributed by atoms with Crippen LogP contribution in [0.3, 0.4) is 0 Å². The predicted molar refractivity (Wildman–Crippen MR) is 81.1 cm³/mol. The highest BCUT2D eigenvalue weighted by molar-refractivity contribution is 5.92. The van der Waals surface area contributed by atoms with Gasteiger partial charge in [-0.2, -0.15) is 0 Å². The zero-order chi connectivity index (χ0) is 17.0. The van der Waals surface area contributed by atoms with E-state index in [1.165, 1.54) is 45.6 Å². The molecule has 0 bridgehead atoms. The Balaban J connectivity index is 2.53. The van der Waals surface area contributed by atoms with Crippen molar-refractivity contribution >= 4 is 11.9 Å². The summed E-state index contributed by atoms with van der Waals surface area (Å²) in [5, 5.41) is 0. The van der Waals surface area contributed by atoms with Gasteiger partial charge in [0, 0.05) is 5.56 Å². The van der Waals surface area contributed by atoms with Crippen molar-refractivity contribution in [3.8, 4) is 16.9 Å². The Morgan fingerprint density at radius 3 is 2.09 bits per heavy atom. The van der Waals surface area contributed by atoms with Crippen LogP contribution < -0.4 is 4.74 Å². The fraction of sp³-hybridized carbons (Fsp3) is 0.176. The highest BCUT2D eigenvalue weighted by Crippen LogP contribution is 2.29. The summed E-state index contributed by atoms with van der Waals surface area (Å²) in [5.41, 5.74) is 0.989. The van der Waals surface area contributed by atoms with E-state index in [-0.39, 0.29) is 16.7 Å². The monoisotopic (exact) mass is 318 g/mol. The third kappa shape index (κ3) is 3.48. The van der Waals surface area contributed by atoms with Crippen LogP contribution in [0, 0.1) is 5.82 Å². The van der Waals surface area contributed by atoms with E-state index < -0.39 is 17.8 Å².